The minimum Gasteiger partial charge on any atom is -0.399 e. The van der Waals surface area contributed by atoms with E-state index >= 15 is 0 Å². The monoisotopic (exact) mass is 211 g/mol. The lowest BCUT2D eigenvalue weighted by atomic mass is 9.80. The smallest absolute Gasteiger partial charge is 0.0311 e. The van der Waals surface area contributed by atoms with Crippen LogP contribution in [0.25, 0.3) is 0 Å². The number of nitrogens with two attached hydrogens (primary N) is 1. The summed E-state index contributed by atoms with van der Waals surface area (Å²) >= 11 is 0. The summed E-state index contributed by atoms with van der Waals surface area (Å²) in [6.45, 7) is 4.35. The normalized spacial score (nSPS) is 24.0. The molecule has 1 aromatic rings. The molecule has 1 heteroatoms. The molecule has 1 aliphatic carbocycles. The van der Waals surface area contributed by atoms with Crippen molar-refractivity contribution in [3.05, 3.63) is 71.5 Å². The van der Waals surface area contributed by atoms with E-state index in [0.29, 0.717) is 0 Å². The van der Waals surface area contributed by atoms with E-state index in [2.05, 4.69) is 50.3 Å². The van der Waals surface area contributed by atoms with Gasteiger partial charge in [0.25, 0.3) is 0 Å². The van der Waals surface area contributed by atoms with Crippen molar-refractivity contribution in [1.82, 2.24) is 0 Å². The van der Waals surface area contributed by atoms with Crippen LogP contribution in [0.3, 0.4) is 0 Å². The Kier molecular flexibility index (Phi) is 2.69. The molecule has 0 fully saturated rings. The molecule has 16 heavy (non-hydrogen) atoms. The molecule has 0 heterocycles. The van der Waals surface area contributed by atoms with E-state index in [1.807, 2.05) is 18.2 Å². The Morgan fingerprint density at radius 3 is 2.62 bits per heavy atom. The minimum absolute atomic E-state index is 0.0665. The zero-order valence-electron chi connectivity index (χ0n) is 9.77. The van der Waals surface area contributed by atoms with E-state index < -0.39 is 0 Å². The van der Waals surface area contributed by atoms with Gasteiger partial charge in [-0.15, -0.1) is 0 Å². The first-order valence-corrected chi connectivity index (χ1v) is 5.52. The fraction of sp³-hybridized carbons (Fsp3) is 0.200. The van der Waals surface area contributed by atoms with Crippen LogP contribution in [0.2, 0.25) is 0 Å². The molecule has 2 rings (SSSR count). The second-order valence-corrected chi connectivity index (χ2v) is 4.46. The first-order chi connectivity index (χ1) is 7.62. The Morgan fingerprint density at radius 1 is 1.12 bits per heavy atom. The molecule has 1 nitrogen and oxygen atoms in total. The second kappa shape index (κ2) is 4.01. The molecule has 0 amide bonds. The first-order valence-electron chi connectivity index (χ1n) is 5.52. The Labute approximate surface area is 97.0 Å². The molecule has 0 bridgehead atoms. The van der Waals surface area contributed by atoms with Gasteiger partial charge in [-0.3, -0.25) is 0 Å². The van der Waals surface area contributed by atoms with Crippen molar-refractivity contribution in [3.63, 3.8) is 0 Å². The van der Waals surface area contributed by atoms with Crippen molar-refractivity contribution in [2.75, 3.05) is 0 Å². The minimum atomic E-state index is -0.0665. The van der Waals surface area contributed by atoms with Gasteiger partial charge in [-0.2, -0.15) is 0 Å². The molecule has 0 aliphatic heterocycles. The third-order valence-electron chi connectivity index (χ3n) is 3.08. The Bertz CT molecular complexity index is 480. The maximum absolute atomic E-state index is 5.80. The van der Waals surface area contributed by atoms with Gasteiger partial charge in [0, 0.05) is 11.1 Å². The predicted molar refractivity (Wildman–Crippen MR) is 69.1 cm³/mol. The fourth-order valence-corrected chi connectivity index (χ4v) is 2.10. The van der Waals surface area contributed by atoms with Gasteiger partial charge in [-0.05, 0) is 37.1 Å². The molecule has 1 unspecified atom stereocenters. The number of hydrogen-bond donors (Lipinski definition) is 1. The standard InChI is InChI=1S/C15H17N/c1-12-6-3-4-8-14(12)15(2)10-5-7-13(16)9-11-15/h3-11H,16H2,1-2H3. The maximum Gasteiger partial charge on any atom is 0.0311 e. The number of benzene rings is 1. The Hall–Kier alpha value is -1.76. The summed E-state index contributed by atoms with van der Waals surface area (Å²) < 4.78 is 0. The van der Waals surface area contributed by atoms with Crippen molar-refractivity contribution in [2.24, 2.45) is 5.73 Å². The molecule has 0 saturated heterocycles. The van der Waals surface area contributed by atoms with Crippen LogP contribution < -0.4 is 5.73 Å². The van der Waals surface area contributed by atoms with Gasteiger partial charge in [0.1, 0.15) is 0 Å². The molecular weight excluding hydrogens is 194 g/mol. The average molecular weight is 211 g/mol. The number of allylic oxidation sites excluding steroid dienone is 5. The van der Waals surface area contributed by atoms with E-state index in [1.165, 1.54) is 11.1 Å². The molecule has 1 aliphatic rings. The summed E-state index contributed by atoms with van der Waals surface area (Å²) in [5.74, 6) is 0. The highest BCUT2D eigenvalue weighted by molar-refractivity contribution is 5.44. The highest BCUT2D eigenvalue weighted by Gasteiger charge is 2.22. The van der Waals surface area contributed by atoms with Crippen molar-refractivity contribution in [3.8, 4) is 0 Å². The molecule has 0 aromatic heterocycles. The first kappa shape index (κ1) is 10.7. The van der Waals surface area contributed by atoms with Crippen LogP contribution in [0.5, 0.6) is 0 Å². The Morgan fingerprint density at radius 2 is 1.88 bits per heavy atom. The number of aryl methyl sites for hydroxylation is 1. The van der Waals surface area contributed by atoms with Crippen LogP contribution in [0.4, 0.5) is 0 Å². The zero-order chi connectivity index (χ0) is 11.6. The van der Waals surface area contributed by atoms with Gasteiger partial charge in [0.15, 0.2) is 0 Å². The third-order valence-corrected chi connectivity index (χ3v) is 3.08. The lowest BCUT2D eigenvalue weighted by molar-refractivity contribution is 0.751. The van der Waals surface area contributed by atoms with Crippen molar-refractivity contribution in [2.45, 2.75) is 19.3 Å². The van der Waals surface area contributed by atoms with E-state index in [9.17, 15) is 0 Å². The highest BCUT2D eigenvalue weighted by Crippen LogP contribution is 2.31. The molecular formula is C15H17N. The average Bonchev–Trinajstić information content (AvgIpc) is 2.43. The lowest BCUT2D eigenvalue weighted by Crippen LogP contribution is -2.16. The van der Waals surface area contributed by atoms with Gasteiger partial charge < -0.3 is 5.73 Å². The van der Waals surface area contributed by atoms with Crippen LogP contribution in [0.1, 0.15) is 18.1 Å². The van der Waals surface area contributed by atoms with Gasteiger partial charge in [0.2, 0.25) is 0 Å². The quantitative estimate of drug-likeness (QED) is 0.758. The topological polar surface area (TPSA) is 26.0 Å². The summed E-state index contributed by atoms with van der Waals surface area (Å²) in [4.78, 5) is 0. The summed E-state index contributed by atoms with van der Waals surface area (Å²) in [7, 11) is 0. The van der Waals surface area contributed by atoms with Gasteiger partial charge in [-0.25, -0.2) is 0 Å². The summed E-state index contributed by atoms with van der Waals surface area (Å²) in [5.41, 5.74) is 9.16. The second-order valence-electron chi connectivity index (χ2n) is 4.46. The van der Waals surface area contributed by atoms with Gasteiger partial charge in [-0.1, -0.05) is 42.5 Å². The molecule has 0 radical (unpaired) electrons. The van der Waals surface area contributed by atoms with Crippen LogP contribution >= 0.6 is 0 Å². The van der Waals surface area contributed by atoms with Gasteiger partial charge >= 0.3 is 0 Å². The van der Waals surface area contributed by atoms with Crippen molar-refractivity contribution < 1.29 is 0 Å². The molecule has 1 aromatic carbocycles. The van der Waals surface area contributed by atoms with Crippen LogP contribution in [0, 0.1) is 6.92 Å². The van der Waals surface area contributed by atoms with E-state index in [0.717, 1.165) is 5.70 Å². The number of rotatable bonds is 1. The Balaban J connectivity index is 2.49. The molecule has 0 saturated carbocycles. The van der Waals surface area contributed by atoms with Crippen molar-refractivity contribution in [1.29, 1.82) is 0 Å². The third kappa shape index (κ3) is 1.94. The molecule has 2 N–H and O–H groups in total. The molecule has 1 atom stereocenters. The van der Waals surface area contributed by atoms with Crippen molar-refractivity contribution >= 4 is 0 Å². The van der Waals surface area contributed by atoms with E-state index in [4.69, 9.17) is 5.73 Å². The summed E-state index contributed by atoms with van der Waals surface area (Å²) in [5, 5.41) is 0. The lowest BCUT2D eigenvalue weighted by Gasteiger charge is -2.24. The molecule has 82 valence electrons. The largest absolute Gasteiger partial charge is 0.399 e. The number of hydrogen-bond acceptors (Lipinski definition) is 1. The zero-order valence-corrected chi connectivity index (χ0v) is 9.77. The highest BCUT2D eigenvalue weighted by atomic mass is 14.6. The molecule has 0 spiro atoms. The van der Waals surface area contributed by atoms with E-state index in [1.54, 1.807) is 0 Å². The van der Waals surface area contributed by atoms with Crippen LogP contribution in [-0.2, 0) is 5.41 Å². The fourth-order valence-electron chi connectivity index (χ4n) is 2.10. The summed E-state index contributed by atoms with van der Waals surface area (Å²) in [6, 6.07) is 8.46. The summed E-state index contributed by atoms with van der Waals surface area (Å²) in [6.07, 6.45) is 10.3. The van der Waals surface area contributed by atoms with Gasteiger partial charge in [0.05, 0.1) is 0 Å². The maximum atomic E-state index is 5.80. The van der Waals surface area contributed by atoms with Crippen LogP contribution in [-0.4, -0.2) is 0 Å². The predicted octanol–water partition coefficient (Wildman–Crippen LogP) is 3.22. The van der Waals surface area contributed by atoms with E-state index in [-0.39, 0.29) is 5.41 Å². The van der Waals surface area contributed by atoms with Crippen LogP contribution in [0.15, 0.2) is 60.3 Å². The SMILES string of the molecule is Cc1ccccc1C1(C)C=CC=C(N)C=C1.